The van der Waals surface area contributed by atoms with E-state index in [1.165, 1.54) is 11.1 Å². The van der Waals surface area contributed by atoms with Crippen LogP contribution in [0.15, 0.2) is 29.3 Å². The second-order valence-electron chi connectivity index (χ2n) is 7.43. The predicted octanol–water partition coefficient (Wildman–Crippen LogP) is 2.21. The smallest absolute Gasteiger partial charge is 0.191 e. The average molecular weight is 377 g/mol. The quantitative estimate of drug-likeness (QED) is 0.372. The Bertz CT molecular complexity index is 554. The number of rotatable bonds is 10. The van der Waals surface area contributed by atoms with Gasteiger partial charge in [-0.1, -0.05) is 29.8 Å². The van der Waals surface area contributed by atoms with Gasteiger partial charge < -0.3 is 25.0 Å². The summed E-state index contributed by atoms with van der Waals surface area (Å²) in [6.45, 7) is 7.07. The molecule has 0 amide bonds. The maximum Gasteiger partial charge on any atom is 0.191 e. The maximum atomic E-state index is 5.74. The van der Waals surface area contributed by atoms with E-state index >= 15 is 0 Å². The Morgan fingerprint density at radius 2 is 2.07 bits per heavy atom. The van der Waals surface area contributed by atoms with E-state index in [0.717, 1.165) is 58.3 Å². The van der Waals surface area contributed by atoms with Crippen LogP contribution in [0.5, 0.6) is 0 Å². The number of nitrogens with one attached hydrogen (secondary N) is 2. The fourth-order valence-electron chi connectivity index (χ4n) is 3.15. The standard InChI is InChI=1S/C21H36N4O2/c1-17-6-8-19(9-7-17)20(25(3)4)14-24-21(22-2)23-11-5-12-26-15-18-10-13-27-16-18/h6-9,18,20H,5,10-16H2,1-4H3,(H2,22,23,24). The number of aryl methyl sites for hydroxylation is 1. The maximum absolute atomic E-state index is 5.74. The van der Waals surface area contributed by atoms with Gasteiger partial charge in [0.2, 0.25) is 0 Å². The van der Waals surface area contributed by atoms with Crippen molar-refractivity contribution in [3.05, 3.63) is 35.4 Å². The van der Waals surface area contributed by atoms with Crippen LogP contribution in [0.25, 0.3) is 0 Å². The molecule has 6 nitrogen and oxygen atoms in total. The van der Waals surface area contributed by atoms with E-state index < -0.39 is 0 Å². The number of nitrogens with zero attached hydrogens (tertiary/aromatic N) is 2. The van der Waals surface area contributed by atoms with Gasteiger partial charge in [0.15, 0.2) is 5.96 Å². The summed E-state index contributed by atoms with van der Waals surface area (Å²) in [5, 5.41) is 6.81. The van der Waals surface area contributed by atoms with Crippen LogP contribution in [0.3, 0.4) is 0 Å². The number of guanidine groups is 1. The summed E-state index contributed by atoms with van der Waals surface area (Å²) >= 11 is 0. The summed E-state index contributed by atoms with van der Waals surface area (Å²) < 4.78 is 11.1. The molecule has 0 radical (unpaired) electrons. The predicted molar refractivity (Wildman–Crippen MR) is 111 cm³/mol. The molecular weight excluding hydrogens is 340 g/mol. The van der Waals surface area contributed by atoms with E-state index in [9.17, 15) is 0 Å². The van der Waals surface area contributed by atoms with E-state index in [1.807, 2.05) is 7.05 Å². The number of aliphatic imine (C=N–C) groups is 1. The van der Waals surface area contributed by atoms with Crippen LogP contribution < -0.4 is 10.6 Å². The molecule has 1 saturated heterocycles. The highest BCUT2D eigenvalue weighted by molar-refractivity contribution is 5.79. The molecule has 2 N–H and O–H groups in total. The molecule has 2 unspecified atom stereocenters. The lowest BCUT2D eigenvalue weighted by Crippen LogP contribution is -2.42. The summed E-state index contributed by atoms with van der Waals surface area (Å²) in [6.07, 6.45) is 2.09. The molecule has 1 fully saturated rings. The topological polar surface area (TPSA) is 58.1 Å². The van der Waals surface area contributed by atoms with Gasteiger partial charge in [0.1, 0.15) is 0 Å². The zero-order chi connectivity index (χ0) is 19.5. The first-order chi connectivity index (χ1) is 13.1. The normalized spacial score (nSPS) is 18.7. The van der Waals surface area contributed by atoms with Crippen LogP contribution >= 0.6 is 0 Å². The molecule has 2 atom stereocenters. The lowest BCUT2D eigenvalue weighted by Gasteiger charge is -2.26. The van der Waals surface area contributed by atoms with Crippen molar-refractivity contribution in [2.24, 2.45) is 10.9 Å². The van der Waals surface area contributed by atoms with Crippen molar-refractivity contribution < 1.29 is 9.47 Å². The molecule has 152 valence electrons. The molecule has 1 heterocycles. The zero-order valence-corrected chi connectivity index (χ0v) is 17.3. The van der Waals surface area contributed by atoms with E-state index in [0.29, 0.717) is 12.0 Å². The largest absolute Gasteiger partial charge is 0.381 e. The zero-order valence-electron chi connectivity index (χ0n) is 17.3. The van der Waals surface area contributed by atoms with Crippen LogP contribution in [-0.4, -0.2) is 71.5 Å². The highest BCUT2D eigenvalue weighted by Crippen LogP contribution is 2.17. The SMILES string of the molecule is CN=C(NCCCOCC1CCOC1)NCC(c1ccc(C)cc1)N(C)C. The highest BCUT2D eigenvalue weighted by Gasteiger charge is 2.16. The molecule has 1 aromatic rings. The van der Waals surface area contributed by atoms with Gasteiger partial charge in [-0.3, -0.25) is 4.99 Å². The third-order valence-electron chi connectivity index (χ3n) is 4.91. The minimum Gasteiger partial charge on any atom is -0.381 e. The fourth-order valence-corrected chi connectivity index (χ4v) is 3.15. The van der Waals surface area contributed by atoms with Gasteiger partial charge >= 0.3 is 0 Å². The molecular formula is C21H36N4O2. The van der Waals surface area contributed by atoms with Crippen molar-refractivity contribution >= 4 is 5.96 Å². The molecule has 1 aliphatic heterocycles. The van der Waals surface area contributed by atoms with E-state index in [1.54, 1.807) is 0 Å². The molecule has 0 saturated carbocycles. The second-order valence-corrected chi connectivity index (χ2v) is 7.43. The molecule has 1 aromatic carbocycles. The summed E-state index contributed by atoms with van der Waals surface area (Å²) in [6, 6.07) is 9.02. The van der Waals surface area contributed by atoms with Crippen LogP contribution in [0, 0.1) is 12.8 Å². The third-order valence-corrected chi connectivity index (χ3v) is 4.91. The third kappa shape index (κ3) is 7.87. The van der Waals surface area contributed by atoms with Gasteiger partial charge in [0.25, 0.3) is 0 Å². The van der Waals surface area contributed by atoms with Crippen LogP contribution in [0.1, 0.15) is 30.0 Å². The summed E-state index contributed by atoms with van der Waals surface area (Å²) in [4.78, 5) is 6.55. The van der Waals surface area contributed by atoms with Gasteiger partial charge in [-0.15, -0.1) is 0 Å². The molecule has 0 aromatic heterocycles. The van der Waals surface area contributed by atoms with Gasteiger partial charge in [-0.25, -0.2) is 0 Å². The average Bonchev–Trinajstić information content (AvgIpc) is 3.17. The number of likely N-dealkylation sites (N-methyl/N-ethyl adjacent to an activating group) is 1. The number of hydrogen-bond donors (Lipinski definition) is 2. The Morgan fingerprint density at radius 3 is 2.70 bits per heavy atom. The highest BCUT2D eigenvalue weighted by atomic mass is 16.5. The lowest BCUT2D eigenvalue weighted by molar-refractivity contribution is 0.0888. The minimum atomic E-state index is 0.293. The number of benzene rings is 1. The van der Waals surface area contributed by atoms with Crippen LogP contribution in [0.4, 0.5) is 0 Å². The van der Waals surface area contributed by atoms with Gasteiger partial charge in [0, 0.05) is 39.3 Å². The molecule has 2 rings (SSSR count). The summed E-state index contributed by atoms with van der Waals surface area (Å²) in [5.41, 5.74) is 2.59. The molecule has 27 heavy (non-hydrogen) atoms. The molecule has 1 aliphatic rings. The Kier molecular flexibility index (Phi) is 9.59. The van der Waals surface area contributed by atoms with Crippen molar-refractivity contribution in [3.8, 4) is 0 Å². The van der Waals surface area contributed by atoms with Crippen molar-refractivity contribution in [1.29, 1.82) is 0 Å². The van der Waals surface area contributed by atoms with Crippen LogP contribution in [-0.2, 0) is 9.47 Å². The minimum absolute atomic E-state index is 0.293. The first kappa shape index (κ1) is 21.7. The van der Waals surface area contributed by atoms with Gasteiger partial charge in [0.05, 0.1) is 19.3 Å². The summed E-state index contributed by atoms with van der Waals surface area (Å²) in [7, 11) is 6.02. The fraction of sp³-hybridized carbons (Fsp3) is 0.667. The lowest BCUT2D eigenvalue weighted by atomic mass is 10.0. The first-order valence-corrected chi connectivity index (χ1v) is 9.93. The Balaban J connectivity index is 1.66. The number of hydrogen-bond acceptors (Lipinski definition) is 4. The monoisotopic (exact) mass is 376 g/mol. The second kappa shape index (κ2) is 12.0. The van der Waals surface area contributed by atoms with Crippen molar-refractivity contribution in [1.82, 2.24) is 15.5 Å². The van der Waals surface area contributed by atoms with Crippen molar-refractivity contribution in [3.63, 3.8) is 0 Å². The molecule has 6 heteroatoms. The van der Waals surface area contributed by atoms with Crippen molar-refractivity contribution in [2.45, 2.75) is 25.8 Å². The van der Waals surface area contributed by atoms with E-state index in [-0.39, 0.29) is 0 Å². The Hall–Kier alpha value is -1.63. The number of ether oxygens (including phenoxy) is 2. The molecule has 0 spiro atoms. The van der Waals surface area contributed by atoms with Gasteiger partial charge in [-0.05, 0) is 39.4 Å². The molecule has 0 bridgehead atoms. The molecule has 0 aliphatic carbocycles. The Morgan fingerprint density at radius 1 is 1.30 bits per heavy atom. The van der Waals surface area contributed by atoms with Gasteiger partial charge in [-0.2, -0.15) is 0 Å². The summed E-state index contributed by atoms with van der Waals surface area (Å²) in [5.74, 6) is 1.41. The van der Waals surface area contributed by atoms with Crippen molar-refractivity contribution in [2.75, 3.05) is 60.7 Å². The van der Waals surface area contributed by atoms with E-state index in [2.05, 4.69) is 65.8 Å². The Labute approximate surface area is 164 Å². The first-order valence-electron chi connectivity index (χ1n) is 9.93. The van der Waals surface area contributed by atoms with Crippen LogP contribution in [0.2, 0.25) is 0 Å². The van der Waals surface area contributed by atoms with E-state index in [4.69, 9.17) is 9.47 Å².